The van der Waals surface area contributed by atoms with Crippen molar-refractivity contribution in [3.8, 4) is 0 Å². The highest BCUT2D eigenvalue weighted by atomic mass is 32.1. The number of aromatic nitrogens is 3. The molecule has 0 spiro atoms. The minimum atomic E-state index is -0.226. The Balaban J connectivity index is 1.57. The topological polar surface area (TPSA) is 59.6 Å². The Morgan fingerprint density at radius 2 is 2.07 bits per heavy atom. The zero-order chi connectivity index (χ0) is 18.5. The molecule has 0 fully saturated rings. The Morgan fingerprint density at radius 3 is 2.93 bits per heavy atom. The maximum Gasteiger partial charge on any atom is 0.291 e. The van der Waals surface area contributed by atoms with E-state index < -0.39 is 0 Å². The summed E-state index contributed by atoms with van der Waals surface area (Å²) in [5.74, 6) is 0.682. The van der Waals surface area contributed by atoms with Crippen LogP contribution in [0.2, 0.25) is 0 Å². The van der Waals surface area contributed by atoms with Crippen LogP contribution in [0, 0.1) is 0 Å². The number of hydrogen-bond donors (Lipinski definition) is 0. The van der Waals surface area contributed by atoms with Gasteiger partial charge in [0.05, 0.1) is 10.2 Å². The molecule has 0 bridgehead atoms. The highest BCUT2D eigenvalue weighted by molar-refractivity contribution is 7.17. The Kier molecular flexibility index (Phi) is 3.65. The van der Waals surface area contributed by atoms with Gasteiger partial charge in [-0.2, -0.15) is 5.10 Å². The molecule has 5 rings (SSSR count). The third kappa shape index (κ3) is 2.42. The van der Waals surface area contributed by atoms with Crippen molar-refractivity contribution in [2.45, 2.75) is 26.3 Å². The summed E-state index contributed by atoms with van der Waals surface area (Å²) in [4.78, 5) is 27.6. The van der Waals surface area contributed by atoms with Crippen LogP contribution in [0.4, 0.5) is 5.69 Å². The van der Waals surface area contributed by atoms with E-state index >= 15 is 0 Å². The zero-order valence-corrected chi connectivity index (χ0v) is 15.7. The molecular weight excluding hydrogens is 360 g/mol. The number of aryl methyl sites for hydroxylation is 1. The molecule has 0 aliphatic carbocycles. The first-order valence-corrected chi connectivity index (χ1v) is 9.92. The van der Waals surface area contributed by atoms with Crippen molar-refractivity contribution in [1.29, 1.82) is 0 Å². The number of thiophene rings is 1. The third-order valence-corrected chi connectivity index (χ3v) is 6.01. The molecule has 3 aromatic heterocycles. The van der Waals surface area contributed by atoms with Gasteiger partial charge >= 0.3 is 0 Å². The predicted molar refractivity (Wildman–Crippen MR) is 107 cm³/mol. The van der Waals surface area contributed by atoms with Crippen molar-refractivity contribution in [2.75, 3.05) is 11.4 Å². The fourth-order valence-electron chi connectivity index (χ4n) is 3.87. The number of carbonyl (C=O) groups excluding carboxylic acids is 1. The summed E-state index contributed by atoms with van der Waals surface area (Å²) in [6, 6.07) is 11.8. The monoisotopic (exact) mass is 378 g/mol. The van der Waals surface area contributed by atoms with Crippen LogP contribution in [0.25, 0.3) is 15.7 Å². The number of fused-ring (bicyclic) bond motifs is 4. The first-order valence-electron chi connectivity index (χ1n) is 9.04. The Hall–Kier alpha value is -2.93. The van der Waals surface area contributed by atoms with E-state index in [2.05, 4.69) is 5.10 Å². The summed E-state index contributed by atoms with van der Waals surface area (Å²) >= 11 is 1.60. The first kappa shape index (κ1) is 16.3. The van der Waals surface area contributed by atoms with Gasteiger partial charge in [0.2, 0.25) is 5.91 Å². The molecule has 0 radical (unpaired) electrons. The van der Waals surface area contributed by atoms with Crippen LogP contribution in [0.5, 0.6) is 0 Å². The minimum Gasteiger partial charge on any atom is -0.310 e. The van der Waals surface area contributed by atoms with Gasteiger partial charge in [0.1, 0.15) is 17.9 Å². The SMILES string of the molecule is CCc1nn(CC(=O)N2CCc3ccccc32)c(=O)c2cc3sccc3n12. The summed E-state index contributed by atoms with van der Waals surface area (Å²) in [6.45, 7) is 2.61. The predicted octanol–water partition coefficient (Wildman–Crippen LogP) is 2.86. The van der Waals surface area contributed by atoms with Crippen molar-refractivity contribution >= 4 is 38.7 Å². The maximum absolute atomic E-state index is 13.0. The molecule has 0 saturated carbocycles. The number of hydrogen-bond acceptors (Lipinski definition) is 4. The molecule has 6 nitrogen and oxygen atoms in total. The fourth-order valence-corrected chi connectivity index (χ4v) is 4.67. The zero-order valence-electron chi connectivity index (χ0n) is 14.9. The summed E-state index contributed by atoms with van der Waals surface area (Å²) in [5, 5.41) is 6.52. The molecule has 1 amide bonds. The Morgan fingerprint density at radius 1 is 1.22 bits per heavy atom. The highest BCUT2D eigenvalue weighted by Gasteiger charge is 2.25. The lowest BCUT2D eigenvalue weighted by Gasteiger charge is -2.18. The molecule has 4 heterocycles. The average molecular weight is 378 g/mol. The number of nitrogens with zero attached hydrogens (tertiary/aromatic N) is 4. The number of benzene rings is 1. The van der Waals surface area contributed by atoms with Crippen molar-refractivity contribution in [2.24, 2.45) is 0 Å². The van der Waals surface area contributed by atoms with Crippen LogP contribution >= 0.6 is 11.3 Å². The average Bonchev–Trinajstić information content (AvgIpc) is 3.37. The van der Waals surface area contributed by atoms with Crippen molar-refractivity contribution in [3.63, 3.8) is 0 Å². The van der Waals surface area contributed by atoms with Crippen molar-refractivity contribution in [3.05, 3.63) is 63.5 Å². The summed E-state index contributed by atoms with van der Waals surface area (Å²) in [6.07, 6.45) is 1.52. The minimum absolute atomic E-state index is 0.0461. The van der Waals surface area contributed by atoms with E-state index in [1.165, 1.54) is 10.2 Å². The number of rotatable bonds is 3. The second-order valence-electron chi connectivity index (χ2n) is 6.69. The van der Waals surface area contributed by atoms with Gasteiger partial charge < -0.3 is 4.90 Å². The van der Waals surface area contributed by atoms with E-state index in [-0.39, 0.29) is 18.0 Å². The number of anilines is 1. The molecule has 1 aliphatic rings. The normalized spacial score (nSPS) is 13.6. The smallest absolute Gasteiger partial charge is 0.291 e. The molecule has 0 N–H and O–H groups in total. The lowest BCUT2D eigenvalue weighted by atomic mass is 10.2. The molecule has 136 valence electrons. The van der Waals surface area contributed by atoms with Crippen LogP contribution in [-0.2, 0) is 24.2 Å². The maximum atomic E-state index is 13.0. The van der Waals surface area contributed by atoms with Gasteiger partial charge in [-0.1, -0.05) is 25.1 Å². The van der Waals surface area contributed by atoms with Crippen LogP contribution in [-0.4, -0.2) is 26.6 Å². The first-order chi connectivity index (χ1) is 13.2. The molecule has 0 atom stereocenters. The standard InChI is InChI=1S/C20H18N4O2S/c1-2-18-21-23(20(26)16-11-17-15(24(16)18)8-10-27-17)12-19(25)22-9-7-13-5-3-4-6-14(13)22/h3-6,8,10-11H,2,7,9,12H2,1H3. The quantitative estimate of drug-likeness (QED) is 0.551. The van der Waals surface area contributed by atoms with E-state index in [4.69, 9.17) is 0 Å². The third-order valence-electron chi connectivity index (χ3n) is 5.16. The lowest BCUT2D eigenvalue weighted by molar-refractivity contribution is -0.119. The lowest BCUT2D eigenvalue weighted by Crippen LogP contribution is -2.37. The molecular formula is C20H18N4O2S. The molecule has 1 aromatic carbocycles. The van der Waals surface area contributed by atoms with Crippen LogP contribution in [0.1, 0.15) is 18.3 Å². The van der Waals surface area contributed by atoms with E-state index in [1.54, 1.807) is 16.2 Å². The number of para-hydroxylation sites is 1. The van der Waals surface area contributed by atoms with Gasteiger partial charge in [-0.15, -0.1) is 11.3 Å². The van der Waals surface area contributed by atoms with Gasteiger partial charge in [-0.3, -0.25) is 14.0 Å². The molecule has 7 heteroatoms. The van der Waals surface area contributed by atoms with Gasteiger partial charge in [0.25, 0.3) is 5.56 Å². The van der Waals surface area contributed by atoms with Gasteiger partial charge in [0.15, 0.2) is 0 Å². The number of carbonyl (C=O) groups is 1. The highest BCUT2D eigenvalue weighted by Crippen LogP contribution is 2.28. The molecule has 1 aliphatic heterocycles. The van der Waals surface area contributed by atoms with Crippen molar-refractivity contribution < 1.29 is 4.79 Å². The molecule has 27 heavy (non-hydrogen) atoms. The Bertz CT molecular complexity index is 1250. The fraction of sp³-hybridized carbons (Fsp3) is 0.250. The van der Waals surface area contributed by atoms with Gasteiger partial charge in [-0.05, 0) is 35.6 Å². The Labute approximate surface area is 159 Å². The molecule has 0 saturated heterocycles. The van der Waals surface area contributed by atoms with Gasteiger partial charge in [0, 0.05) is 18.7 Å². The van der Waals surface area contributed by atoms with E-state index in [1.807, 2.05) is 53.1 Å². The van der Waals surface area contributed by atoms with Gasteiger partial charge in [-0.25, -0.2) is 4.68 Å². The largest absolute Gasteiger partial charge is 0.310 e. The number of amides is 1. The summed E-state index contributed by atoms with van der Waals surface area (Å²) < 4.78 is 4.29. The second-order valence-corrected chi connectivity index (χ2v) is 7.64. The molecule has 4 aromatic rings. The van der Waals surface area contributed by atoms with Crippen LogP contribution < -0.4 is 10.5 Å². The molecule has 0 unspecified atom stereocenters. The van der Waals surface area contributed by atoms with E-state index in [0.717, 1.165) is 28.1 Å². The van der Waals surface area contributed by atoms with E-state index in [9.17, 15) is 9.59 Å². The summed E-state index contributed by atoms with van der Waals surface area (Å²) in [5.41, 5.74) is 3.47. The van der Waals surface area contributed by atoms with Crippen LogP contribution in [0.15, 0.2) is 46.6 Å². The van der Waals surface area contributed by atoms with E-state index in [0.29, 0.717) is 18.5 Å². The van der Waals surface area contributed by atoms with Crippen molar-refractivity contribution in [1.82, 2.24) is 14.2 Å². The summed E-state index contributed by atoms with van der Waals surface area (Å²) in [7, 11) is 0. The van der Waals surface area contributed by atoms with Crippen LogP contribution in [0.3, 0.4) is 0 Å². The second kappa shape index (κ2) is 6.06.